The number of nitrogens with zero attached hydrogens (tertiary/aromatic N) is 2. The molecule has 0 aromatic carbocycles. The highest BCUT2D eigenvalue weighted by molar-refractivity contribution is 5.97. The summed E-state index contributed by atoms with van der Waals surface area (Å²) in [7, 11) is 0. The maximum Gasteiger partial charge on any atom is 0.246 e. The Labute approximate surface area is 121 Å². The zero-order chi connectivity index (χ0) is 14.4. The van der Waals surface area contributed by atoms with Crippen molar-refractivity contribution in [1.29, 1.82) is 0 Å². The number of carbonyl (C=O) groups excluding carboxylic acids is 2. The van der Waals surface area contributed by atoms with E-state index >= 15 is 0 Å². The number of fused-ring (bicyclic) bond motifs is 1. The molecule has 1 aliphatic carbocycles. The largest absolute Gasteiger partial charge is 0.329 e. The zero-order valence-corrected chi connectivity index (χ0v) is 12.8. The highest BCUT2D eigenvalue weighted by atomic mass is 16.2. The summed E-state index contributed by atoms with van der Waals surface area (Å²) in [5, 5.41) is 0. The normalized spacial score (nSPS) is 42.0. The van der Waals surface area contributed by atoms with Gasteiger partial charge in [-0.3, -0.25) is 9.59 Å². The SMILES string of the molecule is CC1CCCC(N2C(=O)C3CCCN3C(=O)C2C)C1C. The molecule has 0 N–H and O–H groups in total. The Bertz CT molecular complexity index is 423. The maximum absolute atomic E-state index is 12.8. The third-order valence-electron chi connectivity index (χ3n) is 5.87. The van der Waals surface area contributed by atoms with Crippen LogP contribution in [0.5, 0.6) is 0 Å². The first-order chi connectivity index (χ1) is 9.52. The van der Waals surface area contributed by atoms with Crippen LogP contribution in [0.1, 0.15) is 52.9 Å². The highest BCUT2D eigenvalue weighted by Crippen LogP contribution is 2.37. The van der Waals surface area contributed by atoms with Gasteiger partial charge >= 0.3 is 0 Å². The lowest BCUT2D eigenvalue weighted by molar-refractivity contribution is -0.163. The monoisotopic (exact) mass is 278 g/mol. The fourth-order valence-electron chi connectivity index (χ4n) is 4.41. The standard InChI is InChI=1S/C16H26N2O2/c1-10-6-4-7-13(11(10)2)18-12(3)15(19)17-9-5-8-14(17)16(18)20/h10-14H,4-9H2,1-3H3. The minimum atomic E-state index is -0.269. The van der Waals surface area contributed by atoms with Gasteiger partial charge in [-0.1, -0.05) is 26.7 Å². The summed E-state index contributed by atoms with van der Waals surface area (Å²) in [5.74, 6) is 1.51. The first-order valence-corrected chi connectivity index (χ1v) is 8.15. The summed E-state index contributed by atoms with van der Waals surface area (Å²) in [6.45, 7) is 7.21. The van der Waals surface area contributed by atoms with E-state index in [4.69, 9.17) is 0 Å². The Kier molecular flexibility index (Phi) is 3.51. The minimum absolute atomic E-state index is 0.164. The van der Waals surface area contributed by atoms with E-state index in [0.717, 1.165) is 25.8 Å². The Morgan fingerprint density at radius 3 is 2.45 bits per heavy atom. The van der Waals surface area contributed by atoms with Crippen molar-refractivity contribution < 1.29 is 9.59 Å². The Morgan fingerprint density at radius 2 is 1.70 bits per heavy atom. The number of piperazine rings is 1. The van der Waals surface area contributed by atoms with Crippen LogP contribution in [0.2, 0.25) is 0 Å². The predicted octanol–water partition coefficient (Wildman–Crippen LogP) is 2.03. The van der Waals surface area contributed by atoms with E-state index in [1.165, 1.54) is 12.8 Å². The average molecular weight is 278 g/mol. The van der Waals surface area contributed by atoms with Crippen LogP contribution >= 0.6 is 0 Å². The smallest absolute Gasteiger partial charge is 0.246 e. The van der Waals surface area contributed by atoms with E-state index < -0.39 is 0 Å². The lowest BCUT2D eigenvalue weighted by atomic mass is 9.76. The topological polar surface area (TPSA) is 40.6 Å². The number of rotatable bonds is 1. The average Bonchev–Trinajstić information content (AvgIpc) is 2.91. The molecule has 2 amide bonds. The van der Waals surface area contributed by atoms with E-state index in [-0.39, 0.29) is 29.9 Å². The molecule has 0 aromatic rings. The molecule has 4 nitrogen and oxygen atoms in total. The number of amides is 2. The van der Waals surface area contributed by atoms with E-state index in [9.17, 15) is 9.59 Å². The molecule has 3 fully saturated rings. The van der Waals surface area contributed by atoms with Crippen LogP contribution in [0.15, 0.2) is 0 Å². The summed E-state index contributed by atoms with van der Waals surface area (Å²) >= 11 is 0. The Hall–Kier alpha value is -1.06. The van der Waals surface area contributed by atoms with Gasteiger partial charge in [0.25, 0.3) is 0 Å². The van der Waals surface area contributed by atoms with Crippen molar-refractivity contribution in [3.63, 3.8) is 0 Å². The Morgan fingerprint density at radius 1 is 0.950 bits per heavy atom. The van der Waals surface area contributed by atoms with Gasteiger partial charge in [-0.05, 0) is 38.0 Å². The maximum atomic E-state index is 12.8. The van der Waals surface area contributed by atoms with Gasteiger partial charge in [-0.25, -0.2) is 0 Å². The summed E-state index contributed by atoms with van der Waals surface area (Å²) in [6.07, 6.45) is 5.30. The number of hydrogen-bond donors (Lipinski definition) is 0. The molecule has 2 saturated heterocycles. The number of hydrogen-bond acceptors (Lipinski definition) is 2. The van der Waals surface area contributed by atoms with Gasteiger partial charge in [0.05, 0.1) is 0 Å². The first-order valence-electron chi connectivity index (χ1n) is 8.15. The molecule has 3 aliphatic rings. The molecule has 0 aromatic heterocycles. The molecular formula is C16H26N2O2. The van der Waals surface area contributed by atoms with Gasteiger partial charge in [-0.15, -0.1) is 0 Å². The molecule has 0 spiro atoms. The van der Waals surface area contributed by atoms with Crippen molar-refractivity contribution in [2.24, 2.45) is 11.8 Å². The minimum Gasteiger partial charge on any atom is -0.329 e. The third kappa shape index (κ3) is 1.95. The number of carbonyl (C=O) groups is 2. The first kappa shape index (κ1) is 13.9. The van der Waals surface area contributed by atoms with Crippen LogP contribution < -0.4 is 0 Å². The van der Waals surface area contributed by atoms with E-state index in [2.05, 4.69) is 13.8 Å². The fourth-order valence-corrected chi connectivity index (χ4v) is 4.41. The second kappa shape index (κ2) is 5.05. The van der Waals surface area contributed by atoms with Crippen molar-refractivity contribution in [2.75, 3.05) is 6.54 Å². The molecular weight excluding hydrogens is 252 g/mol. The fraction of sp³-hybridized carbons (Fsp3) is 0.875. The second-order valence-corrected chi connectivity index (χ2v) is 6.95. The van der Waals surface area contributed by atoms with Crippen molar-refractivity contribution in [3.05, 3.63) is 0 Å². The van der Waals surface area contributed by atoms with Crippen LogP contribution in [-0.2, 0) is 9.59 Å². The van der Waals surface area contributed by atoms with Crippen LogP contribution in [0.3, 0.4) is 0 Å². The summed E-state index contributed by atoms with van der Waals surface area (Å²) < 4.78 is 0. The van der Waals surface area contributed by atoms with Crippen LogP contribution in [0.4, 0.5) is 0 Å². The molecule has 2 heterocycles. The van der Waals surface area contributed by atoms with Gasteiger partial charge in [0.15, 0.2) is 0 Å². The van der Waals surface area contributed by atoms with Gasteiger partial charge in [-0.2, -0.15) is 0 Å². The van der Waals surface area contributed by atoms with Crippen molar-refractivity contribution in [2.45, 2.75) is 71.0 Å². The van der Waals surface area contributed by atoms with Crippen molar-refractivity contribution >= 4 is 11.8 Å². The van der Waals surface area contributed by atoms with E-state index in [1.54, 1.807) is 0 Å². The van der Waals surface area contributed by atoms with E-state index in [1.807, 2.05) is 16.7 Å². The summed E-state index contributed by atoms with van der Waals surface area (Å²) in [5.41, 5.74) is 0. The highest BCUT2D eigenvalue weighted by Gasteiger charge is 2.49. The zero-order valence-electron chi connectivity index (χ0n) is 12.8. The molecule has 4 heteroatoms. The summed E-state index contributed by atoms with van der Waals surface area (Å²) in [6, 6.07) is -0.175. The molecule has 112 valence electrons. The molecule has 2 aliphatic heterocycles. The van der Waals surface area contributed by atoms with Gasteiger partial charge in [0.2, 0.25) is 11.8 Å². The molecule has 0 radical (unpaired) electrons. The lowest BCUT2D eigenvalue weighted by Crippen LogP contribution is -2.65. The molecule has 3 rings (SSSR count). The van der Waals surface area contributed by atoms with Crippen molar-refractivity contribution in [3.8, 4) is 0 Å². The molecule has 5 atom stereocenters. The molecule has 20 heavy (non-hydrogen) atoms. The summed E-state index contributed by atoms with van der Waals surface area (Å²) in [4.78, 5) is 29.1. The van der Waals surface area contributed by atoms with Crippen LogP contribution in [0.25, 0.3) is 0 Å². The third-order valence-corrected chi connectivity index (χ3v) is 5.87. The van der Waals surface area contributed by atoms with E-state index in [0.29, 0.717) is 11.8 Å². The van der Waals surface area contributed by atoms with Crippen LogP contribution in [-0.4, -0.2) is 46.3 Å². The van der Waals surface area contributed by atoms with Gasteiger partial charge in [0, 0.05) is 12.6 Å². The molecule has 5 unspecified atom stereocenters. The Balaban J connectivity index is 1.87. The molecule has 1 saturated carbocycles. The van der Waals surface area contributed by atoms with Crippen molar-refractivity contribution in [1.82, 2.24) is 9.80 Å². The van der Waals surface area contributed by atoms with Crippen LogP contribution in [0, 0.1) is 11.8 Å². The van der Waals surface area contributed by atoms with Gasteiger partial charge < -0.3 is 9.80 Å². The quantitative estimate of drug-likeness (QED) is 0.736. The second-order valence-electron chi connectivity index (χ2n) is 6.95. The molecule has 0 bridgehead atoms. The van der Waals surface area contributed by atoms with Gasteiger partial charge in [0.1, 0.15) is 12.1 Å². The lowest BCUT2D eigenvalue weighted by Gasteiger charge is -2.49. The predicted molar refractivity (Wildman–Crippen MR) is 77.0 cm³/mol.